The Labute approximate surface area is 129 Å². The van der Waals surface area contributed by atoms with Gasteiger partial charge in [0.15, 0.2) is 0 Å². The molecular weight excluding hydrogens is 284 g/mol. The molecule has 3 N–H and O–H groups in total. The van der Waals surface area contributed by atoms with Gasteiger partial charge >= 0.3 is 6.03 Å². The molecule has 0 radical (unpaired) electrons. The summed E-state index contributed by atoms with van der Waals surface area (Å²) in [5.74, 6) is 1.61. The zero-order valence-electron chi connectivity index (χ0n) is 13.3. The standard InChI is InChI=1S/C15H22N4O3/c1-10-5-12(11(2)22-10)6-16-14(20)17-9-15(3,21)13-7-18-19(4)8-13/h5,7-8,21H,6,9H2,1-4H3,(H2,16,17,20). The van der Waals surface area contributed by atoms with Crippen LogP contribution < -0.4 is 10.6 Å². The molecule has 0 aliphatic heterocycles. The fourth-order valence-corrected chi connectivity index (χ4v) is 2.15. The number of carbonyl (C=O) groups is 1. The molecule has 0 saturated carbocycles. The molecule has 120 valence electrons. The monoisotopic (exact) mass is 306 g/mol. The summed E-state index contributed by atoms with van der Waals surface area (Å²) in [6.45, 7) is 5.82. The van der Waals surface area contributed by atoms with E-state index in [9.17, 15) is 9.90 Å². The number of aliphatic hydroxyl groups is 1. The second kappa shape index (κ2) is 6.23. The first-order valence-corrected chi connectivity index (χ1v) is 7.07. The molecule has 0 aromatic carbocycles. The van der Waals surface area contributed by atoms with E-state index >= 15 is 0 Å². The number of urea groups is 1. The minimum Gasteiger partial charge on any atom is -0.466 e. The van der Waals surface area contributed by atoms with E-state index in [4.69, 9.17) is 4.42 Å². The van der Waals surface area contributed by atoms with Gasteiger partial charge < -0.3 is 20.2 Å². The lowest BCUT2D eigenvalue weighted by molar-refractivity contribution is 0.0593. The molecule has 2 rings (SSSR count). The van der Waals surface area contributed by atoms with E-state index in [1.165, 1.54) is 0 Å². The van der Waals surface area contributed by atoms with E-state index in [-0.39, 0.29) is 12.6 Å². The van der Waals surface area contributed by atoms with Crippen molar-refractivity contribution in [1.82, 2.24) is 20.4 Å². The highest BCUT2D eigenvalue weighted by atomic mass is 16.3. The highest BCUT2D eigenvalue weighted by Gasteiger charge is 2.25. The average molecular weight is 306 g/mol. The van der Waals surface area contributed by atoms with E-state index < -0.39 is 5.60 Å². The molecule has 2 aromatic heterocycles. The van der Waals surface area contributed by atoms with Crippen molar-refractivity contribution in [1.29, 1.82) is 0 Å². The third-order valence-corrected chi connectivity index (χ3v) is 3.50. The molecule has 22 heavy (non-hydrogen) atoms. The topological polar surface area (TPSA) is 92.3 Å². The molecule has 0 fully saturated rings. The molecule has 7 nitrogen and oxygen atoms in total. The van der Waals surface area contributed by atoms with Gasteiger partial charge in [-0.25, -0.2) is 4.79 Å². The molecule has 1 atom stereocenters. The number of furan rings is 1. The summed E-state index contributed by atoms with van der Waals surface area (Å²) in [6.07, 6.45) is 3.30. The van der Waals surface area contributed by atoms with Crippen molar-refractivity contribution in [2.24, 2.45) is 7.05 Å². The maximum Gasteiger partial charge on any atom is 0.315 e. The highest BCUT2D eigenvalue weighted by molar-refractivity contribution is 5.73. The Morgan fingerprint density at radius 3 is 2.73 bits per heavy atom. The maximum absolute atomic E-state index is 11.8. The van der Waals surface area contributed by atoms with Crippen molar-refractivity contribution in [2.75, 3.05) is 6.54 Å². The van der Waals surface area contributed by atoms with Gasteiger partial charge in [0.1, 0.15) is 17.1 Å². The Balaban J connectivity index is 1.83. The van der Waals surface area contributed by atoms with Gasteiger partial charge in [-0.1, -0.05) is 0 Å². The lowest BCUT2D eigenvalue weighted by Crippen LogP contribution is -2.43. The van der Waals surface area contributed by atoms with Crippen molar-refractivity contribution in [3.8, 4) is 0 Å². The fourth-order valence-electron chi connectivity index (χ4n) is 2.15. The largest absolute Gasteiger partial charge is 0.466 e. The number of amides is 2. The Bertz CT molecular complexity index is 658. The van der Waals surface area contributed by atoms with Crippen LogP contribution in [0, 0.1) is 13.8 Å². The van der Waals surface area contributed by atoms with Crippen LogP contribution in [0.5, 0.6) is 0 Å². The van der Waals surface area contributed by atoms with Gasteiger partial charge in [-0.05, 0) is 26.8 Å². The number of aryl methyl sites for hydroxylation is 3. The second-order valence-corrected chi connectivity index (χ2v) is 5.65. The Morgan fingerprint density at radius 2 is 2.18 bits per heavy atom. The molecule has 2 aromatic rings. The summed E-state index contributed by atoms with van der Waals surface area (Å²) in [5, 5.41) is 19.8. The predicted octanol–water partition coefficient (Wildman–Crippen LogP) is 1.34. The number of hydrogen-bond acceptors (Lipinski definition) is 4. The fraction of sp³-hybridized carbons (Fsp3) is 0.467. The first kappa shape index (κ1) is 16.1. The van der Waals surface area contributed by atoms with Gasteiger partial charge in [-0.2, -0.15) is 5.10 Å². The van der Waals surface area contributed by atoms with Gasteiger partial charge in [0.2, 0.25) is 0 Å². The Morgan fingerprint density at radius 1 is 1.45 bits per heavy atom. The Hall–Kier alpha value is -2.28. The molecule has 2 heterocycles. The van der Waals surface area contributed by atoms with Crippen LogP contribution in [0.15, 0.2) is 22.9 Å². The number of nitrogens with zero attached hydrogens (tertiary/aromatic N) is 2. The molecule has 0 spiro atoms. The number of nitrogens with one attached hydrogen (secondary N) is 2. The molecule has 1 unspecified atom stereocenters. The maximum atomic E-state index is 11.8. The molecular formula is C15H22N4O3. The molecule has 7 heteroatoms. The zero-order valence-corrected chi connectivity index (χ0v) is 13.3. The average Bonchev–Trinajstić information content (AvgIpc) is 3.00. The Kier molecular flexibility index (Phi) is 4.56. The normalized spacial score (nSPS) is 13.7. The van der Waals surface area contributed by atoms with Crippen LogP contribution >= 0.6 is 0 Å². The van der Waals surface area contributed by atoms with Crippen LogP contribution in [0.3, 0.4) is 0 Å². The lowest BCUT2D eigenvalue weighted by Gasteiger charge is -2.22. The van der Waals surface area contributed by atoms with E-state index in [1.807, 2.05) is 19.9 Å². The van der Waals surface area contributed by atoms with Gasteiger partial charge in [0, 0.05) is 30.9 Å². The highest BCUT2D eigenvalue weighted by Crippen LogP contribution is 2.18. The van der Waals surface area contributed by atoms with E-state index in [0.717, 1.165) is 17.1 Å². The first-order chi connectivity index (χ1) is 10.3. The van der Waals surface area contributed by atoms with Crippen LogP contribution in [-0.2, 0) is 19.2 Å². The van der Waals surface area contributed by atoms with Gasteiger partial charge in [-0.15, -0.1) is 0 Å². The SMILES string of the molecule is Cc1cc(CNC(=O)NCC(C)(O)c2cnn(C)c2)c(C)o1. The van der Waals surface area contributed by atoms with E-state index in [2.05, 4.69) is 15.7 Å². The third-order valence-electron chi connectivity index (χ3n) is 3.50. The molecule has 2 amide bonds. The molecule has 0 bridgehead atoms. The van der Waals surface area contributed by atoms with Crippen LogP contribution in [0.2, 0.25) is 0 Å². The lowest BCUT2D eigenvalue weighted by atomic mass is 10.00. The van der Waals surface area contributed by atoms with Crippen molar-refractivity contribution in [3.05, 3.63) is 41.1 Å². The zero-order chi connectivity index (χ0) is 16.3. The number of carbonyl (C=O) groups excluding carboxylic acids is 1. The van der Waals surface area contributed by atoms with Crippen LogP contribution in [0.4, 0.5) is 4.79 Å². The minimum atomic E-state index is -1.17. The number of aromatic nitrogens is 2. The van der Waals surface area contributed by atoms with E-state index in [1.54, 1.807) is 31.0 Å². The molecule has 0 aliphatic rings. The third kappa shape index (κ3) is 3.88. The summed E-state index contributed by atoms with van der Waals surface area (Å²) in [4.78, 5) is 11.8. The smallest absolute Gasteiger partial charge is 0.315 e. The molecule has 0 saturated heterocycles. The summed E-state index contributed by atoms with van der Waals surface area (Å²) in [7, 11) is 1.77. The van der Waals surface area contributed by atoms with Crippen LogP contribution in [0.1, 0.15) is 29.6 Å². The van der Waals surface area contributed by atoms with Crippen molar-refractivity contribution in [2.45, 2.75) is 32.9 Å². The summed E-state index contributed by atoms with van der Waals surface area (Å²) in [5.41, 5.74) is 0.413. The summed E-state index contributed by atoms with van der Waals surface area (Å²) < 4.78 is 7.01. The van der Waals surface area contributed by atoms with E-state index in [0.29, 0.717) is 12.1 Å². The number of hydrogen-bond donors (Lipinski definition) is 3. The van der Waals surface area contributed by atoms with Crippen LogP contribution in [-0.4, -0.2) is 27.5 Å². The van der Waals surface area contributed by atoms with Crippen molar-refractivity contribution >= 4 is 6.03 Å². The van der Waals surface area contributed by atoms with Gasteiger partial charge in [0.25, 0.3) is 0 Å². The second-order valence-electron chi connectivity index (χ2n) is 5.65. The minimum absolute atomic E-state index is 0.0912. The van der Waals surface area contributed by atoms with Crippen molar-refractivity contribution in [3.63, 3.8) is 0 Å². The summed E-state index contributed by atoms with van der Waals surface area (Å²) in [6, 6.07) is 1.55. The summed E-state index contributed by atoms with van der Waals surface area (Å²) >= 11 is 0. The predicted molar refractivity (Wildman–Crippen MR) is 81.2 cm³/mol. The molecule has 0 aliphatic carbocycles. The van der Waals surface area contributed by atoms with Crippen molar-refractivity contribution < 1.29 is 14.3 Å². The first-order valence-electron chi connectivity index (χ1n) is 7.07. The quantitative estimate of drug-likeness (QED) is 0.777. The number of rotatable bonds is 5. The van der Waals surface area contributed by atoms with Crippen LogP contribution in [0.25, 0.3) is 0 Å². The van der Waals surface area contributed by atoms with Gasteiger partial charge in [-0.3, -0.25) is 4.68 Å². The van der Waals surface area contributed by atoms with Gasteiger partial charge in [0.05, 0.1) is 12.7 Å².